The Bertz CT molecular complexity index is 1290. The van der Waals surface area contributed by atoms with Gasteiger partial charge in [-0.05, 0) is 37.6 Å². The van der Waals surface area contributed by atoms with Crippen molar-refractivity contribution in [2.24, 2.45) is 5.92 Å². The summed E-state index contributed by atoms with van der Waals surface area (Å²) in [7, 11) is 3.52. The molecule has 3 heterocycles. The molecule has 0 radical (unpaired) electrons. The van der Waals surface area contributed by atoms with Crippen LogP contribution in [0.5, 0.6) is 11.5 Å². The zero-order valence-electron chi connectivity index (χ0n) is 20.5. The number of methoxy groups -OCH3 is 1. The van der Waals surface area contributed by atoms with Gasteiger partial charge in [-0.3, -0.25) is 9.69 Å². The molecular formula is C26H29ClFN5O3. The fourth-order valence-electron chi connectivity index (χ4n) is 5.00. The summed E-state index contributed by atoms with van der Waals surface area (Å²) in [5, 5.41) is 3.67. The number of likely N-dealkylation sites (tertiary alicyclic amines) is 2. The van der Waals surface area contributed by atoms with Crippen LogP contribution in [0.1, 0.15) is 19.8 Å². The Labute approximate surface area is 214 Å². The minimum absolute atomic E-state index is 0.0156. The standard InChI is InChI=1S/C26H29ClFN5O3/c1-15-7-8-33(12-15)26(34)21-9-16(13-32(21)2)36-23-10-17-20(11-22(23)35-3)29-14-30-25(17)31-19-6-4-5-18(27)24(19)28/h4-6,10-11,14-16,21H,7-9,12-13H2,1-3H3,(H,29,30,31)/t15-,16+,21-/m0/s1. The third-order valence-corrected chi connectivity index (χ3v) is 7.24. The molecule has 8 nitrogen and oxygen atoms in total. The number of likely N-dealkylation sites (N-methyl/N-ethyl adjacent to an activating group) is 1. The second-order valence-corrected chi connectivity index (χ2v) is 9.99. The number of carbonyl (C=O) groups excluding carboxylic acids is 1. The Morgan fingerprint density at radius 2 is 2.06 bits per heavy atom. The fourth-order valence-corrected chi connectivity index (χ4v) is 5.17. The van der Waals surface area contributed by atoms with Gasteiger partial charge in [0.05, 0.1) is 29.4 Å². The van der Waals surface area contributed by atoms with Gasteiger partial charge in [-0.1, -0.05) is 24.6 Å². The van der Waals surface area contributed by atoms with Crippen molar-refractivity contribution in [2.75, 3.05) is 39.1 Å². The molecule has 2 aromatic carbocycles. The number of halogens is 2. The largest absolute Gasteiger partial charge is 0.493 e. The van der Waals surface area contributed by atoms with Gasteiger partial charge in [0.2, 0.25) is 5.91 Å². The van der Waals surface area contributed by atoms with Crippen molar-refractivity contribution in [3.05, 3.63) is 47.5 Å². The van der Waals surface area contributed by atoms with Gasteiger partial charge in [-0.2, -0.15) is 0 Å². The van der Waals surface area contributed by atoms with E-state index >= 15 is 0 Å². The number of amides is 1. The van der Waals surface area contributed by atoms with E-state index in [-0.39, 0.29) is 28.8 Å². The highest BCUT2D eigenvalue weighted by Crippen LogP contribution is 2.37. The predicted octanol–water partition coefficient (Wildman–Crippen LogP) is 4.49. The molecule has 3 atom stereocenters. The molecule has 2 aliphatic heterocycles. The highest BCUT2D eigenvalue weighted by atomic mass is 35.5. The van der Waals surface area contributed by atoms with E-state index in [1.165, 1.54) is 12.4 Å². The lowest BCUT2D eigenvalue weighted by Crippen LogP contribution is -2.43. The predicted molar refractivity (Wildman–Crippen MR) is 137 cm³/mol. The van der Waals surface area contributed by atoms with Gasteiger partial charge in [0, 0.05) is 37.5 Å². The van der Waals surface area contributed by atoms with Crippen molar-refractivity contribution in [3.8, 4) is 11.5 Å². The lowest BCUT2D eigenvalue weighted by atomic mass is 10.1. The lowest BCUT2D eigenvalue weighted by Gasteiger charge is -2.24. The smallest absolute Gasteiger partial charge is 0.240 e. The van der Waals surface area contributed by atoms with E-state index in [0.29, 0.717) is 47.1 Å². The van der Waals surface area contributed by atoms with E-state index in [1.807, 2.05) is 11.9 Å². The van der Waals surface area contributed by atoms with E-state index in [2.05, 4.69) is 27.1 Å². The summed E-state index contributed by atoms with van der Waals surface area (Å²) in [6.45, 7) is 4.43. The van der Waals surface area contributed by atoms with Gasteiger partial charge >= 0.3 is 0 Å². The van der Waals surface area contributed by atoms with Crippen LogP contribution in [0.4, 0.5) is 15.9 Å². The molecule has 1 amide bonds. The van der Waals surface area contributed by atoms with Crippen molar-refractivity contribution in [2.45, 2.75) is 31.9 Å². The van der Waals surface area contributed by atoms with Crippen LogP contribution >= 0.6 is 11.6 Å². The molecule has 5 rings (SSSR count). The van der Waals surface area contributed by atoms with Crippen molar-refractivity contribution in [3.63, 3.8) is 0 Å². The normalized spacial score (nSPS) is 22.2. The maximum Gasteiger partial charge on any atom is 0.240 e. The highest BCUT2D eigenvalue weighted by molar-refractivity contribution is 6.31. The number of nitrogens with one attached hydrogen (secondary N) is 1. The number of hydrogen-bond acceptors (Lipinski definition) is 7. The molecule has 0 unspecified atom stereocenters. The first-order valence-electron chi connectivity index (χ1n) is 12.0. The first-order chi connectivity index (χ1) is 17.3. The maximum atomic E-state index is 14.5. The van der Waals surface area contributed by atoms with Gasteiger partial charge in [0.15, 0.2) is 17.3 Å². The average Bonchev–Trinajstić information content (AvgIpc) is 3.46. The minimum Gasteiger partial charge on any atom is -0.493 e. The van der Waals surface area contributed by atoms with Crippen molar-refractivity contribution >= 4 is 39.9 Å². The second-order valence-electron chi connectivity index (χ2n) is 9.58. The zero-order chi connectivity index (χ0) is 25.4. The summed E-state index contributed by atoms with van der Waals surface area (Å²) in [5.41, 5.74) is 0.815. The molecule has 10 heteroatoms. The van der Waals surface area contributed by atoms with Gasteiger partial charge in [0.25, 0.3) is 0 Å². The number of carbonyl (C=O) groups is 1. The van der Waals surface area contributed by atoms with E-state index in [1.54, 1.807) is 31.4 Å². The number of benzene rings is 2. The Kier molecular flexibility index (Phi) is 6.85. The Balaban J connectivity index is 1.39. The second kappa shape index (κ2) is 10.1. The van der Waals surface area contributed by atoms with Gasteiger partial charge in [-0.15, -0.1) is 0 Å². The topological polar surface area (TPSA) is 79.8 Å². The fraction of sp³-hybridized carbons (Fsp3) is 0.423. The molecule has 1 N–H and O–H groups in total. The van der Waals surface area contributed by atoms with E-state index in [0.717, 1.165) is 19.5 Å². The van der Waals surface area contributed by atoms with Crippen LogP contribution in [-0.2, 0) is 4.79 Å². The number of rotatable bonds is 6. The molecule has 0 bridgehead atoms. The Morgan fingerprint density at radius 1 is 1.22 bits per heavy atom. The first kappa shape index (κ1) is 24.5. The quantitative estimate of drug-likeness (QED) is 0.520. The minimum atomic E-state index is -0.562. The molecule has 190 valence electrons. The summed E-state index contributed by atoms with van der Waals surface area (Å²) >= 11 is 5.94. The Morgan fingerprint density at radius 3 is 2.81 bits per heavy atom. The first-order valence-corrected chi connectivity index (χ1v) is 12.4. The summed E-state index contributed by atoms with van der Waals surface area (Å²) in [6, 6.07) is 8.07. The van der Waals surface area contributed by atoms with Crippen LogP contribution < -0.4 is 14.8 Å². The van der Waals surface area contributed by atoms with Crippen molar-refractivity contribution < 1.29 is 18.7 Å². The van der Waals surface area contributed by atoms with E-state index in [9.17, 15) is 9.18 Å². The molecule has 3 aromatic rings. The lowest BCUT2D eigenvalue weighted by molar-refractivity contribution is -0.134. The van der Waals surface area contributed by atoms with Gasteiger partial charge in [-0.25, -0.2) is 14.4 Å². The van der Waals surface area contributed by atoms with Crippen LogP contribution in [0.25, 0.3) is 10.9 Å². The number of fused-ring (bicyclic) bond motifs is 1. The number of ether oxygens (including phenoxy) is 2. The van der Waals surface area contributed by atoms with E-state index < -0.39 is 5.82 Å². The van der Waals surface area contributed by atoms with Crippen molar-refractivity contribution in [1.29, 1.82) is 0 Å². The number of nitrogens with zero attached hydrogens (tertiary/aromatic N) is 4. The van der Waals surface area contributed by atoms with Crippen LogP contribution in [0.15, 0.2) is 36.7 Å². The third kappa shape index (κ3) is 4.77. The van der Waals surface area contributed by atoms with Crippen LogP contribution in [-0.4, -0.2) is 71.6 Å². The molecule has 0 spiro atoms. The summed E-state index contributed by atoms with van der Waals surface area (Å²) in [5.74, 6) is 1.59. The number of anilines is 2. The molecule has 36 heavy (non-hydrogen) atoms. The average molecular weight is 514 g/mol. The SMILES string of the molecule is COc1cc2ncnc(Nc3cccc(Cl)c3F)c2cc1O[C@@H]1C[C@@H](C(=O)N2CC[C@H](C)C2)N(C)C1. The molecule has 2 aliphatic rings. The van der Waals surface area contributed by atoms with E-state index in [4.69, 9.17) is 21.1 Å². The highest BCUT2D eigenvalue weighted by Gasteiger charge is 2.39. The molecular weight excluding hydrogens is 485 g/mol. The monoisotopic (exact) mass is 513 g/mol. The van der Waals surface area contributed by atoms with Gasteiger partial charge < -0.3 is 19.7 Å². The maximum absolute atomic E-state index is 14.5. The van der Waals surface area contributed by atoms with Crippen LogP contribution in [0, 0.1) is 11.7 Å². The number of aromatic nitrogens is 2. The molecule has 0 aliphatic carbocycles. The summed E-state index contributed by atoms with van der Waals surface area (Å²) in [4.78, 5) is 25.8. The molecule has 2 saturated heterocycles. The van der Waals surface area contributed by atoms with Crippen LogP contribution in [0.3, 0.4) is 0 Å². The zero-order valence-corrected chi connectivity index (χ0v) is 21.3. The summed E-state index contributed by atoms with van der Waals surface area (Å²) in [6.07, 6.45) is 2.84. The number of hydrogen-bond donors (Lipinski definition) is 1. The molecule has 0 saturated carbocycles. The molecule has 2 fully saturated rings. The third-order valence-electron chi connectivity index (χ3n) is 6.95. The molecule has 1 aromatic heterocycles. The Hall–Kier alpha value is -3.17. The summed E-state index contributed by atoms with van der Waals surface area (Å²) < 4.78 is 26.5. The van der Waals surface area contributed by atoms with Crippen LogP contribution in [0.2, 0.25) is 5.02 Å². The van der Waals surface area contributed by atoms with Gasteiger partial charge in [0.1, 0.15) is 18.2 Å². The van der Waals surface area contributed by atoms with Crippen molar-refractivity contribution in [1.82, 2.24) is 19.8 Å².